The summed E-state index contributed by atoms with van der Waals surface area (Å²) in [4.78, 5) is 46.1. The van der Waals surface area contributed by atoms with Gasteiger partial charge < -0.3 is 33.2 Å². The molecule has 0 bridgehead atoms. The van der Waals surface area contributed by atoms with Crippen LogP contribution in [0, 0.1) is 0 Å². The minimum absolute atomic E-state index is 0.196. The van der Waals surface area contributed by atoms with Crippen molar-refractivity contribution < 1.29 is 52.3 Å². The van der Waals surface area contributed by atoms with Crippen molar-refractivity contribution in [3.63, 3.8) is 0 Å². The molecule has 0 saturated heterocycles. The molecule has 0 unspecified atom stereocenters. The number of ether oxygens (including phenoxy) is 7. The van der Waals surface area contributed by atoms with Crippen molar-refractivity contribution >= 4 is 23.9 Å². The summed E-state index contributed by atoms with van der Waals surface area (Å²) in [5.41, 5.74) is 2.52. The van der Waals surface area contributed by atoms with E-state index in [0.29, 0.717) is 55.9 Å². The Morgan fingerprint density at radius 3 is 1.62 bits per heavy atom. The molecule has 0 aliphatic heterocycles. The van der Waals surface area contributed by atoms with Crippen molar-refractivity contribution in [3.05, 3.63) is 107 Å². The van der Waals surface area contributed by atoms with E-state index in [-0.39, 0.29) is 18.8 Å². The van der Waals surface area contributed by atoms with Crippen LogP contribution in [0.4, 0.5) is 0 Å². The lowest BCUT2D eigenvalue weighted by Crippen LogP contribution is -2.18. The average Bonchev–Trinajstić information content (AvgIpc) is 3.73. The number of esters is 4. The first kappa shape index (κ1) is 43.0. The highest BCUT2D eigenvalue weighted by Gasteiger charge is 2.22. The van der Waals surface area contributed by atoms with E-state index in [9.17, 15) is 19.2 Å². The third kappa shape index (κ3) is 14.9. The van der Waals surface area contributed by atoms with Gasteiger partial charge in [0.2, 0.25) is 11.8 Å². The highest BCUT2D eigenvalue weighted by Crippen LogP contribution is 2.20. The molecule has 0 amide bonds. The van der Waals surface area contributed by atoms with Gasteiger partial charge in [0.1, 0.15) is 30.6 Å². The van der Waals surface area contributed by atoms with Crippen LogP contribution in [-0.4, -0.2) is 76.5 Å². The van der Waals surface area contributed by atoms with Crippen LogP contribution in [0.15, 0.2) is 84.9 Å². The number of benzene rings is 2. The highest BCUT2D eigenvalue weighted by atomic mass is 16.6. The molecule has 0 atom stereocenters. The molecule has 0 fully saturated rings. The standard InChI is InChI=1S/2C14H16N2O3.C10H16O5/c1-3-18-14(17)12-9-16(2)15-13(12)19-10-11-7-5-4-6-8-11;1-3-18-14(17)12-9-15-16(2)13(12)19-10-11-7-5-4-6-8-11;1-4-13-7-8(9(11)14-5-2)10(12)15-6-3/h2*4-9H,3,10H2,1-2H3;7H,4-6H2,1-3H3. The van der Waals surface area contributed by atoms with Gasteiger partial charge in [0.15, 0.2) is 5.57 Å². The summed E-state index contributed by atoms with van der Waals surface area (Å²) in [7, 11) is 3.46. The van der Waals surface area contributed by atoms with Gasteiger partial charge in [-0.05, 0) is 45.7 Å². The maximum absolute atomic E-state index is 11.7. The molecular formula is C38H48N4O11. The lowest BCUT2D eigenvalue weighted by Gasteiger charge is -2.08. The number of nitrogens with zero attached hydrogens (tertiary/aromatic N) is 4. The Morgan fingerprint density at radius 1 is 0.642 bits per heavy atom. The summed E-state index contributed by atoms with van der Waals surface area (Å²) in [6.45, 7) is 10.7. The second-order valence-corrected chi connectivity index (χ2v) is 10.4. The van der Waals surface area contributed by atoms with E-state index in [4.69, 9.17) is 23.7 Å². The van der Waals surface area contributed by atoms with E-state index in [2.05, 4.69) is 19.7 Å². The minimum atomic E-state index is -0.732. The molecule has 0 N–H and O–H groups in total. The van der Waals surface area contributed by atoms with Gasteiger partial charge in [-0.15, -0.1) is 5.10 Å². The molecule has 0 aliphatic carbocycles. The number of carbonyl (C=O) groups excluding carboxylic acids is 4. The first-order valence-corrected chi connectivity index (χ1v) is 17.0. The van der Waals surface area contributed by atoms with E-state index in [1.54, 1.807) is 54.9 Å². The van der Waals surface area contributed by atoms with E-state index in [1.165, 1.54) is 15.6 Å². The Kier molecular flexibility index (Phi) is 19.6. The zero-order valence-electron chi connectivity index (χ0n) is 31.2. The second-order valence-electron chi connectivity index (χ2n) is 10.4. The molecule has 286 valence electrons. The Labute approximate surface area is 309 Å². The fourth-order valence-electron chi connectivity index (χ4n) is 4.09. The largest absolute Gasteiger partial charge is 0.500 e. The van der Waals surface area contributed by atoms with Crippen molar-refractivity contribution in [3.8, 4) is 11.8 Å². The van der Waals surface area contributed by atoms with Gasteiger partial charge in [-0.3, -0.25) is 4.68 Å². The number of rotatable bonds is 16. The van der Waals surface area contributed by atoms with Crippen molar-refractivity contribution in [1.82, 2.24) is 19.6 Å². The van der Waals surface area contributed by atoms with E-state index >= 15 is 0 Å². The number of aromatic nitrogens is 4. The van der Waals surface area contributed by atoms with Gasteiger partial charge in [-0.25, -0.2) is 23.9 Å². The SMILES string of the molecule is CCOC(=O)c1cn(C)nc1OCc1ccccc1.CCOC(=O)c1cnn(C)c1OCc1ccccc1.CCOC=C(C(=O)OCC)C(=O)OCC. The van der Waals surface area contributed by atoms with E-state index in [1.807, 2.05) is 60.7 Å². The summed E-state index contributed by atoms with van der Waals surface area (Å²) in [6, 6.07) is 19.4. The van der Waals surface area contributed by atoms with Gasteiger partial charge in [0.05, 0.1) is 39.2 Å². The molecule has 53 heavy (non-hydrogen) atoms. The summed E-state index contributed by atoms with van der Waals surface area (Å²) < 4.78 is 38.4. The molecule has 2 aromatic carbocycles. The summed E-state index contributed by atoms with van der Waals surface area (Å²) >= 11 is 0. The van der Waals surface area contributed by atoms with Crippen molar-refractivity contribution in [2.24, 2.45) is 14.1 Å². The smallest absolute Gasteiger partial charge is 0.348 e. The monoisotopic (exact) mass is 736 g/mol. The van der Waals surface area contributed by atoms with Gasteiger partial charge >= 0.3 is 23.9 Å². The molecule has 4 aromatic rings. The van der Waals surface area contributed by atoms with Crippen LogP contribution in [-0.2, 0) is 60.6 Å². The highest BCUT2D eigenvalue weighted by molar-refractivity contribution is 6.13. The van der Waals surface area contributed by atoms with Crippen molar-refractivity contribution in [2.45, 2.75) is 47.8 Å². The zero-order valence-corrected chi connectivity index (χ0v) is 31.2. The van der Waals surface area contributed by atoms with Crippen LogP contribution in [0.5, 0.6) is 11.8 Å². The van der Waals surface area contributed by atoms with Gasteiger partial charge in [-0.2, -0.15) is 5.10 Å². The Balaban J connectivity index is 0.000000278. The minimum Gasteiger partial charge on any atom is -0.500 e. The molecule has 0 aliphatic rings. The quantitative estimate of drug-likeness (QED) is 0.0359. The zero-order chi connectivity index (χ0) is 39.0. The molecule has 2 aromatic heterocycles. The number of hydrogen-bond acceptors (Lipinski definition) is 13. The van der Waals surface area contributed by atoms with Gasteiger partial charge in [0, 0.05) is 20.3 Å². The third-order valence-electron chi connectivity index (χ3n) is 6.47. The molecule has 15 heteroatoms. The molecule has 4 rings (SSSR count). The summed E-state index contributed by atoms with van der Waals surface area (Å²) in [5, 5.41) is 8.15. The fraction of sp³-hybridized carbons (Fsp3) is 0.368. The molecule has 15 nitrogen and oxygen atoms in total. The van der Waals surface area contributed by atoms with Crippen LogP contribution in [0.3, 0.4) is 0 Å². The first-order chi connectivity index (χ1) is 25.6. The van der Waals surface area contributed by atoms with Crippen LogP contribution in [0.1, 0.15) is 66.5 Å². The molecule has 2 heterocycles. The molecule has 0 radical (unpaired) electrons. The van der Waals surface area contributed by atoms with Crippen molar-refractivity contribution in [1.29, 1.82) is 0 Å². The van der Waals surface area contributed by atoms with Crippen LogP contribution in [0.2, 0.25) is 0 Å². The van der Waals surface area contributed by atoms with Gasteiger partial charge in [0.25, 0.3) is 0 Å². The molecule has 0 saturated carbocycles. The van der Waals surface area contributed by atoms with Crippen LogP contribution < -0.4 is 9.47 Å². The van der Waals surface area contributed by atoms with Crippen LogP contribution in [0.25, 0.3) is 0 Å². The average molecular weight is 737 g/mol. The van der Waals surface area contributed by atoms with E-state index < -0.39 is 23.9 Å². The lowest BCUT2D eigenvalue weighted by molar-refractivity contribution is -0.146. The third-order valence-corrected chi connectivity index (χ3v) is 6.47. The van der Waals surface area contributed by atoms with E-state index in [0.717, 1.165) is 17.4 Å². The topological polar surface area (TPSA) is 169 Å². The van der Waals surface area contributed by atoms with Crippen LogP contribution >= 0.6 is 0 Å². The summed E-state index contributed by atoms with van der Waals surface area (Å²) in [6.07, 6.45) is 4.12. The second kappa shape index (κ2) is 24.1. The maximum atomic E-state index is 11.7. The maximum Gasteiger partial charge on any atom is 0.348 e. The lowest BCUT2D eigenvalue weighted by atomic mass is 10.2. The Morgan fingerprint density at radius 2 is 1.13 bits per heavy atom. The number of carbonyl (C=O) groups is 4. The Hall–Kier alpha value is -6.12. The predicted octanol–water partition coefficient (Wildman–Crippen LogP) is 5.38. The molecular weight excluding hydrogens is 688 g/mol. The first-order valence-electron chi connectivity index (χ1n) is 17.0. The molecule has 0 spiro atoms. The number of aryl methyl sites for hydroxylation is 2. The number of hydrogen-bond donors (Lipinski definition) is 0. The predicted molar refractivity (Wildman–Crippen MR) is 193 cm³/mol. The fourth-order valence-corrected chi connectivity index (χ4v) is 4.09. The summed E-state index contributed by atoms with van der Waals surface area (Å²) in [5.74, 6) is -1.58. The van der Waals surface area contributed by atoms with Crippen molar-refractivity contribution in [2.75, 3.05) is 33.0 Å². The Bertz CT molecular complexity index is 1700. The normalized spacial score (nSPS) is 9.87. The van der Waals surface area contributed by atoms with Gasteiger partial charge in [-0.1, -0.05) is 60.7 Å².